The molecule has 2 saturated heterocycles. The number of nitrogens with one attached hydrogen (secondary N) is 2. The highest BCUT2D eigenvalue weighted by molar-refractivity contribution is 5.96. The maximum atomic E-state index is 13.0. The van der Waals surface area contributed by atoms with Gasteiger partial charge in [-0.3, -0.25) is 24.1 Å². The number of halogens is 3. The Morgan fingerprint density at radius 1 is 0.902 bits per heavy atom. The van der Waals surface area contributed by atoms with Crippen LogP contribution in [0.5, 0.6) is 0 Å². The molecule has 9 nitrogen and oxygen atoms in total. The van der Waals surface area contributed by atoms with Crippen LogP contribution in [0.3, 0.4) is 0 Å². The largest absolute Gasteiger partial charge is 0.416 e. The third-order valence-electron chi connectivity index (χ3n) is 7.42. The predicted molar refractivity (Wildman–Crippen MR) is 145 cm³/mol. The number of carbonyl (C=O) groups excluding carboxylic acids is 4. The van der Waals surface area contributed by atoms with Gasteiger partial charge in [-0.05, 0) is 55.2 Å². The maximum absolute atomic E-state index is 13.0. The first-order valence-electron chi connectivity index (χ1n) is 13.7. The number of amides is 4. The lowest BCUT2D eigenvalue weighted by Gasteiger charge is -2.36. The van der Waals surface area contributed by atoms with E-state index in [0.29, 0.717) is 44.7 Å². The lowest BCUT2D eigenvalue weighted by molar-refractivity contribution is -0.137. The van der Waals surface area contributed by atoms with Crippen LogP contribution < -0.4 is 10.6 Å². The molecule has 2 aliphatic heterocycles. The van der Waals surface area contributed by atoms with Crippen molar-refractivity contribution in [1.29, 1.82) is 0 Å². The number of nitrogens with zero attached hydrogens (tertiary/aromatic N) is 3. The zero-order chi connectivity index (χ0) is 29.6. The van der Waals surface area contributed by atoms with Gasteiger partial charge in [0.2, 0.25) is 11.8 Å². The van der Waals surface area contributed by atoms with Crippen molar-refractivity contribution in [2.75, 3.05) is 45.8 Å². The van der Waals surface area contributed by atoms with E-state index in [0.717, 1.165) is 36.6 Å². The van der Waals surface area contributed by atoms with Crippen molar-refractivity contribution in [2.45, 2.75) is 38.5 Å². The van der Waals surface area contributed by atoms with Crippen LogP contribution in [0.2, 0.25) is 0 Å². The summed E-state index contributed by atoms with van der Waals surface area (Å²) < 4.78 is 38.7. The van der Waals surface area contributed by atoms with Crippen LogP contribution >= 0.6 is 0 Å². The molecule has 220 valence electrons. The van der Waals surface area contributed by atoms with E-state index in [-0.39, 0.29) is 23.9 Å². The van der Waals surface area contributed by atoms with E-state index in [1.54, 1.807) is 9.80 Å². The van der Waals surface area contributed by atoms with Crippen molar-refractivity contribution in [3.05, 3.63) is 70.8 Å². The second kappa shape index (κ2) is 13.2. The number of carbonyl (C=O) groups is 4. The Morgan fingerprint density at radius 2 is 1.59 bits per heavy atom. The SMILES string of the molecule is CCc1ccc(C(=O)N2CCN(C(=O)CN3CCCC3NC(=O)CNC(=O)c3cccc(C(F)(F)F)c3)CC2)cc1. The van der Waals surface area contributed by atoms with Crippen molar-refractivity contribution in [3.8, 4) is 0 Å². The highest BCUT2D eigenvalue weighted by Crippen LogP contribution is 2.29. The average molecular weight is 574 g/mol. The number of hydrogen-bond donors (Lipinski definition) is 2. The summed E-state index contributed by atoms with van der Waals surface area (Å²) in [5.74, 6) is -1.44. The van der Waals surface area contributed by atoms with Crippen molar-refractivity contribution in [2.24, 2.45) is 0 Å². The van der Waals surface area contributed by atoms with E-state index in [1.165, 1.54) is 6.07 Å². The Kier molecular flexibility index (Phi) is 9.64. The van der Waals surface area contributed by atoms with Gasteiger partial charge in [0.1, 0.15) is 0 Å². The fraction of sp³-hybridized carbons (Fsp3) is 0.448. The number of aryl methyl sites for hydroxylation is 1. The summed E-state index contributed by atoms with van der Waals surface area (Å²) in [6.07, 6.45) is -2.68. The van der Waals surface area contributed by atoms with Gasteiger partial charge in [-0.15, -0.1) is 0 Å². The van der Waals surface area contributed by atoms with Crippen molar-refractivity contribution in [3.63, 3.8) is 0 Å². The van der Waals surface area contributed by atoms with Crippen LogP contribution in [-0.2, 0) is 22.2 Å². The molecule has 41 heavy (non-hydrogen) atoms. The van der Waals surface area contributed by atoms with Gasteiger partial charge < -0.3 is 20.4 Å². The van der Waals surface area contributed by atoms with Crippen molar-refractivity contribution in [1.82, 2.24) is 25.3 Å². The second-order valence-electron chi connectivity index (χ2n) is 10.2. The molecule has 0 radical (unpaired) electrons. The number of alkyl halides is 3. The third-order valence-corrected chi connectivity index (χ3v) is 7.42. The lowest BCUT2D eigenvalue weighted by atomic mass is 10.1. The first-order chi connectivity index (χ1) is 19.5. The molecule has 2 aromatic rings. The molecular formula is C29H34F3N5O4. The first kappa shape index (κ1) is 30.0. The van der Waals surface area contributed by atoms with Gasteiger partial charge in [-0.1, -0.05) is 25.1 Å². The zero-order valence-corrected chi connectivity index (χ0v) is 22.9. The molecule has 0 aromatic heterocycles. The topological polar surface area (TPSA) is 102 Å². The minimum Gasteiger partial charge on any atom is -0.343 e. The van der Waals surface area contributed by atoms with Crippen LogP contribution in [0.15, 0.2) is 48.5 Å². The number of benzene rings is 2. The molecule has 4 rings (SSSR count). The maximum Gasteiger partial charge on any atom is 0.416 e. The quantitative estimate of drug-likeness (QED) is 0.506. The Balaban J connectivity index is 1.21. The van der Waals surface area contributed by atoms with Gasteiger partial charge >= 0.3 is 6.18 Å². The molecule has 0 bridgehead atoms. The molecule has 1 unspecified atom stereocenters. The normalized spacial score (nSPS) is 17.8. The fourth-order valence-corrected chi connectivity index (χ4v) is 5.01. The van der Waals surface area contributed by atoms with E-state index in [4.69, 9.17) is 0 Å². The molecule has 2 N–H and O–H groups in total. The number of hydrogen-bond acceptors (Lipinski definition) is 5. The van der Waals surface area contributed by atoms with Gasteiger partial charge in [0.05, 0.1) is 24.8 Å². The van der Waals surface area contributed by atoms with Crippen molar-refractivity contribution >= 4 is 23.6 Å². The van der Waals surface area contributed by atoms with Gasteiger partial charge in [0.15, 0.2) is 0 Å². The Hall–Kier alpha value is -3.93. The van der Waals surface area contributed by atoms with Gasteiger partial charge in [-0.2, -0.15) is 13.2 Å². The standard InChI is InChI=1S/C29H34F3N5O4/c1-2-20-8-10-21(11-9-20)28(41)36-15-13-35(14-16-36)26(39)19-37-12-4-7-24(37)34-25(38)18-33-27(40)22-5-3-6-23(17-22)29(30,31)32/h3,5-6,8-11,17,24H,2,4,7,12-16,18-19H2,1H3,(H,33,40)(H,34,38). The summed E-state index contributed by atoms with van der Waals surface area (Å²) in [6.45, 7) is 4.07. The van der Waals surface area contributed by atoms with E-state index in [9.17, 15) is 32.3 Å². The molecule has 2 heterocycles. The highest BCUT2D eigenvalue weighted by Gasteiger charge is 2.32. The van der Waals surface area contributed by atoms with Crippen LogP contribution in [-0.4, -0.2) is 90.3 Å². The first-order valence-corrected chi connectivity index (χ1v) is 13.7. The molecular weight excluding hydrogens is 539 g/mol. The summed E-state index contributed by atoms with van der Waals surface area (Å²) in [6, 6.07) is 11.5. The number of piperazine rings is 1. The summed E-state index contributed by atoms with van der Waals surface area (Å²) in [4.78, 5) is 55.9. The van der Waals surface area contributed by atoms with Crippen LogP contribution in [0.4, 0.5) is 13.2 Å². The van der Waals surface area contributed by atoms with E-state index in [2.05, 4.69) is 17.6 Å². The van der Waals surface area contributed by atoms with Crippen molar-refractivity contribution < 1.29 is 32.3 Å². The molecule has 2 aromatic carbocycles. The fourth-order valence-electron chi connectivity index (χ4n) is 5.01. The minimum atomic E-state index is -4.58. The molecule has 0 saturated carbocycles. The number of rotatable bonds is 8. The van der Waals surface area contributed by atoms with E-state index < -0.39 is 36.3 Å². The second-order valence-corrected chi connectivity index (χ2v) is 10.2. The highest BCUT2D eigenvalue weighted by atomic mass is 19.4. The molecule has 4 amide bonds. The van der Waals surface area contributed by atoms with Crippen LogP contribution in [0.1, 0.15) is 51.6 Å². The summed E-state index contributed by atoms with van der Waals surface area (Å²) in [5, 5.41) is 5.14. The summed E-state index contributed by atoms with van der Waals surface area (Å²) in [7, 11) is 0. The summed E-state index contributed by atoms with van der Waals surface area (Å²) in [5.41, 5.74) is 0.643. The monoisotopic (exact) mass is 573 g/mol. The molecule has 1 atom stereocenters. The van der Waals surface area contributed by atoms with Crippen LogP contribution in [0.25, 0.3) is 0 Å². The Labute approximate surface area is 236 Å². The number of likely N-dealkylation sites (tertiary alicyclic amines) is 1. The van der Waals surface area contributed by atoms with E-state index >= 15 is 0 Å². The summed E-state index contributed by atoms with van der Waals surface area (Å²) >= 11 is 0. The van der Waals surface area contributed by atoms with E-state index in [1.807, 2.05) is 29.2 Å². The zero-order valence-electron chi connectivity index (χ0n) is 22.9. The molecule has 2 fully saturated rings. The van der Waals surface area contributed by atoms with Crippen LogP contribution in [0, 0.1) is 0 Å². The molecule has 0 aliphatic carbocycles. The van der Waals surface area contributed by atoms with Gasteiger partial charge in [0, 0.05) is 43.9 Å². The van der Waals surface area contributed by atoms with Gasteiger partial charge in [0.25, 0.3) is 11.8 Å². The molecule has 0 spiro atoms. The Morgan fingerprint density at radius 3 is 2.24 bits per heavy atom. The third kappa shape index (κ3) is 7.84. The average Bonchev–Trinajstić information content (AvgIpc) is 3.41. The lowest BCUT2D eigenvalue weighted by Crippen LogP contribution is -2.54. The van der Waals surface area contributed by atoms with Gasteiger partial charge in [-0.25, -0.2) is 0 Å². The minimum absolute atomic E-state index is 0.0535. The molecule has 2 aliphatic rings. The smallest absolute Gasteiger partial charge is 0.343 e. The Bertz CT molecular complexity index is 1260. The molecule has 12 heteroatoms. The predicted octanol–water partition coefficient (Wildman–Crippen LogP) is 2.52.